The first kappa shape index (κ1) is 16.4. The lowest BCUT2D eigenvalue weighted by atomic mass is 9.80. The van der Waals surface area contributed by atoms with Crippen molar-refractivity contribution in [2.45, 2.75) is 47.5 Å². The summed E-state index contributed by atoms with van der Waals surface area (Å²) in [5.74, 6) is 1.43. The SMILES string of the molecule is Cc1cc(C(c2cc(C)c(O)c(C)c2)C(C)C)cc(C)c1O. The summed E-state index contributed by atoms with van der Waals surface area (Å²) >= 11 is 0. The van der Waals surface area contributed by atoms with Crippen molar-refractivity contribution in [1.29, 1.82) is 0 Å². The second-order valence-corrected chi connectivity index (χ2v) is 6.73. The van der Waals surface area contributed by atoms with E-state index in [1.165, 1.54) is 11.1 Å². The highest BCUT2D eigenvalue weighted by Gasteiger charge is 2.21. The third-order valence-electron chi connectivity index (χ3n) is 4.41. The Labute approximate surface area is 133 Å². The standard InChI is InChI=1S/C20H26O2/c1-11(2)18(16-7-12(3)19(21)13(4)8-16)17-9-14(5)20(22)15(6)10-17/h7-11,18,21-22H,1-6H3. The van der Waals surface area contributed by atoms with Crippen molar-refractivity contribution in [3.63, 3.8) is 0 Å². The van der Waals surface area contributed by atoms with Crippen molar-refractivity contribution >= 4 is 0 Å². The Morgan fingerprint density at radius 2 is 0.909 bits per heavy atom. The highest BCUT2D eigenvalue weighted by Crippen LogP contribution is 2.37. The summed E-state index contributed by atoms with van der Waals surface area (Å²) in [6, 6.07) is 8.30. The van der Waals surface area contributed by atoms with Crippen molar-refractivity contribution in [1.82, 2.24) is 0 Å². The van der Waals surface area contributed by atoms with E-state index in [1.54, 1.807) is 0 Å². The Balaban J connectivity index is 2.61. The number of phenols is 2. The molecule has 0 bridgehead atoms. The van der Waals surface area contributed by atoms with Crippen LogP contribution in [0.15, 0.2) is 24.3 Å². The minimum absolute atomic E-state index is 0.246. The third kappa shape index (κ3) is 2.96. The van der Waals surface area contributed by atoms with E-state index >= 15 is 0 Å². The van der Waals surface area contributed by atoms with Crippen LogP contribution in [0.4, 0.5) is 0 Å². The topological polar surface area (TPSA) is 40.5 Å². The molecule has 2 aromatic rings. The minimum Gasteiger partial charge on any atom is -0.507 e. The first-order valence-corrected chi connectivity index (χ1v) is 7.82. The maximum absolute atomic E-state index is 10.0. The molecular formula is C20H26O2. The smallest absolute Gasteiger partial charge is 0.121 e. The van der Waals surface area contributed by atoms with Crippen LogP contribution in [0.1, 0.15) is 53.1 Å². The second kappa shape index (κ2) is 6.04. The number of rotatable bonds is 3. The Morgan fingerprint density at radius 3 is 1.14 bits per heavy atom. The lowest BCUT2D eigenvalue weighted by molar-refractivity contribution is 0.464. The van der Waals surface area contributed by atoms with Gasteiger partial charge in [0.05, 0.1) is 0 Å². The molecule has 2 rings (SSSR count). The number of hydrogen-bond acceptors (Lipinski definition) is 2. The van der Waals surface area contributed by atoms with Crippen LogP contribution >= 0.6 is 0 Å². The molecule has 0 unspecified atom stereocenters. The van der Waals surface area contributed by atoms with Crippen molar-refractivity contribution in [3.05, 3.63) is 57.6 Å². The molecule has 0 radical (unpaired) electrons. The van der Waals surface area contributed by atoms with E-state index in [9.17, 15) is 10.2 Å². The lowest BCUT2D eigenvalue weighted by Gasteiger charge is -2.24. The quantitative estimate of drug-likeness (QED) is 0.825. The van der Waals surface area contributed by atoms with Crippen molar-refractivity contribution < 1.29 is 10.2 Å². The van der Waals surface area contributed by atoms with Crippen LogP contribution in [-0.4, -0.2) is 10.2 Å². The van der Waals surface area contributed by atoms with Crippen molar-refractivity contribution in [2.24, 2.45) is 5.92 Å². The Bertz CT molecular complexity index is 595. The molecule has 0 aliphatic heterocycles. The molecule has 2 heteroatoms. The van der Waals surface area contributed by atoms with Gasteiger partial charge in [0.15, 0.2) is 0 Å². The Morgan fingerprint density at radius 1 is 0.636 bits per heavy atom. The average molecular weight is 298 g/mol. The predicted molar refractivity (Wildman–Crippen MR) is 91.8 cm³/mol. The molecule has 0 aromatic heterocycles. The van der Waals surface area contributed by atoms with Gasteiger partial charge >= 0.3 is 0 Å². The van der Waals surface area contributed by atoms with Gasteiger partial charge in [-0.05, 0) is 67.0 Å². The first-order valence-electron chi connectivity index (χ1n) is 7.82. The molecule has 0 amide bonds. The van der Waals surface area contributed by atoms with Gasteiger partial charge < -0.3 is 10.2 Å². The molecule has 0 atom stereocenters. The molecule has 0 aliphatic carbocycles. The monoisotopic (exact) mass is 298 g/mol. The normalized spacial score (nSPS) is 11.5. The van der Waals surface area contributed by atoms with E-state index in [-0.39, 0.29) is 5.92 Å². The maximum atomic E-state index is 10.0. The van der Waals surface area contributed by atoms with Gasteiger partial charge in [-0.1, -0.05) is 38.1 Å². The maximum Gasteiger partial charge on any atom is 0.121 e. The van der Waals surface area contributed by atoms with Gasteiger partial charge in [0, 0.05) is 5.92 Å². The summed E-state index contributed by atoms with van der Waals surface area (Å²) in [7, 11) is 0. The molecule has 0 aliphatic rings. The summed E-state index contributed by atoms with van der Waals surface area (Å²) in [5.41, 5.74) is 6.07. The van der Waals surface area contributed by atoms with Gasteiger partial charge in [-0.2, -0.15) is 0 Å². The fourth-order valence-corrected chi connectivity index (χ4v) is 3.30. The summed E-state index contributed by atoms with van der Waals surface area (Å²) in [4.78, 5) is 0. The molecule has 0 fully saturated rings. The molecule has 0 spiro atoms. The molecule has 0 heterocycles. The molecule has 22 heavy (non-hydrogen) atoms. The molecule has 2 nitrogen and oxygen atoms in total. The summed E-state index contributed by atoms with van der Waals surface area (Å²) in [6.07, 6.45) is 0. The molecule has 2 N–H and O–H groups in total. The average Bonchev–Trinajstić information content (AvgIpc) is 2.41. The van der Waals surface area contributed by atoms with E-state index in [2.05, 4.69) is 38.1 Å². The van der Waals surface area contributed by atoms with Crippen molar-refractivity contribution in [3.8, 4) is 11.5 Å². The van der Waals surface area contributed by atoms with E-state index in [0.29, 0.717) is 17.4 Å². The van der Waals surface area contributed by atoms with Crippen molar-refractivity contribution in [2.75, 3.05) is 0 Å². The van der Waals surface area contributed by atoms with Crippen LogP contribution in [0.5, 0.6) is 11.5 Å². The Hall–Kier alpha value is -1.96. The van der Waals surface area contributed by atoms with E-state index < -0.39 is 0 Å². The fraction of sp³-hybridized carbons (Fsp3) is 0.400. The largest absolute Gasteiger partial charge is 0.507 e. The Kier molecular flexibility index (Phi) is 4.50. The van der Waals surface area contributed by atoms with Gasteiger partial charge in [-0.3, -0.25) is 0 Å². The van der Waals surface area contributed by atoms with Crippen LogP contribution in [-0.2, 0) is 0 Å². The van der Waals surface area contributed by atoms with E-state index in [1.807, 2.05) is 27.7 Å². The van der Waals surface area contributed by atoms with Gasteiger partial charge in [0.1, 0.15) is 11.5 Å². The molecule has 0 saturated carbocycles. The van der Waals surface area contributed by atoms with Gasteiger partial charge in [-0.15, -0.1) is 0 Å². The number of benzene rings is 2. The van der Waals surface area contributed by atoms with Crippen LogP contribution < -0.4 is 0 Å². The highest BCUT2D eigenvalue weighted by atomic mass is 16.3. The molecule has 2 aromatic carbocycles. The lowest BCUT2D eigenvalue weighted by Crippen LogP contribution is -2.10. The fourth-order valence-electron chi connectivity index (χ4n) is 3.30. The third-order valence-corrected chi connectivity index (χ3v) is 4.41. The number of phenolic OH excluding ortho intramolecular Hbond substituents is 2. The zero-order valence-electron chi connectivity index (χ0n) is 14.4. The molecule has 0 saturated heterocycles. The summed E-state index contributed by atoms with van der Waals surface area (Å²) in [5, 5.41) is 20.0. The number of aryl methyl sites for hydroxylation is 4. The number of hydrogen-bond donors (Lipinski definition) is 2. The van der Waals surface area contributed by atoms with Crippen LogP contribution in [0.2, 0.25) is 0 Å². The van der Waals surface area contributed by atoms with Gasteiger partial charge in [0.25, 0.3) is 0 Å². The van der Waals surface area contributed by atoms with Gasteiger partial charge in [-0.25, -0.2) is 0 Å². The predicted octanol–water partition coefficient (Wildman–Crippen LogP) is 5.12. The zero-order chi connectivity index (χ0) is 16.6. The summed E-state index contributed by atoms with van der Waals surface area (Å²) in [6.45, 7) is 12.2. The molecule has 118 valence electrons. The summed E-state index contributed by atoms with van der Waals surface area (Å²) < 4.78 is 0. The highest BCUT2D eigenvalue weighted by molar-refractivity contribution is 5.49. The van der Waals surface area contributed by atoms with Gasteiger partial charge in [0.2, 0.25) is 0 Å². The molecular weight excluding hydrogens is 272 g/mol. The second-order valence-electron chi connectivity index (χ2n) is 6.73. The van der Waals surface area contributed by atoms with Crippen LogP contribution in [0.3, 0.4) is 0 Å². The minimum atomic E-state index is 0.246. The first-order chi connectivity index (χ1) is 10.2. The zero-order valence-corrected chi connectivity index (χ0v) is 14.4. The number of aromatic hydroxyl groups is 2. The van der Waals surface area contributed by atoms with E-state index in [0.717, 1.165) is 22.3 Å². The van der Waals surface area contributed by atoms with E-state index in [4.69, 9.17) is 0 Å². The van der Waals surface area contributed by atoms with Crippen LogP contribution in [0, 0.1) is 33.6 Å². The van der Waals surface area contributed by atoms with Crippen LogP contribution in [0.25, 0.3) is 0 Å².